The van der Waals surface area contributed by atoms with E-state index in [2.05, 4.69) is 26.2 Å². The molecule has 1 atom stereocenters. The van der Waals surface area contributed by atoms with Crippen LogP contribution in [0.5, 0.6) is 0 Å². The lowest BCUT2D eigenvalue weighted by molar-refractivity contribution is 0.0668. The highest BCUT2D eigenvalue weighted by Crippen LogP contribution is 2.18. The van der Waals surface area contributed by atoms with Crippen molar-refractivity contribution in [1.82, 2.24) is 15.2 Å². The molecule has 2 rings (SSSR count). The van der Waals surface area contributed by atoms with Crippen LogP contribution in [0.2, 0.25) is 0 Å². The molecule has 0 unspecified atom stereocenters. The minimum absolute atomic E-state index is 0.0447. The molecule has 0 bridgehead atoms. The number of aromatic nitrogens is 1. The van der Waals surface area contributed by atoms with Crippen molar-refractivity contribution in [2.24, 2.45) is 5.92 Å². The smallest absolute Gasteiger partial charge is 0.272 e. The molecule has 5 heteroatoms. The van der Waals surface area contributed by atoms with Crippen molar-refractivity contribution in [3.63, 3.8) is 0 Å². The third kappa shape index (κ3) is 3.29. The number of likely N-dealkylation sites (tertiary alicyclic amines) is 1. The van der Waals surface area contributed by atoms with Gasteiger partial charge in [0.25, 0.3) is 5.91 Å². The molecule has 2 heterocycles. The van der Waals surface area contributed by atoms with E-state index in [0.29, 0.717) is 11.6 Å². The van der Waals surface area contributed by atoms with Crippen molar-refractivity contribution in [3.05, 3.63) is 28.5 Å². The van der Waals surface area contributed by atoms with Crippen molar-refractivity contribution in [1.29, 1.82) is 0 Å². The van der Waals surface area contributed by atoms with E-state index in [1.807, 2.05) is 18.0 Å². The summed E-state index contributed by atoms with van der Waals surface area (Å²) < 4.78 is 0.894. The Morgan fingerprint density at radius 1 is 1.61 bits per heavy atom. The first-order valence-electron chi connectivity index (χ1n) is 6.26. The zero-order valence-electron chi connectivity index (χ0n) is 10.5. The summed E-state index contributed by atoms with van der Waals surface area (Å²) in [5.74, 6) is 0.603. The van der Waals surface area contributed by atoms with Crippen molar-refractivity contribution >= 4 is 21.8 Å². The van der Waals surface area contributed by atoms with Crippen LogP contribution in [0, 0.1) is 5.92 Å². The lowest BCUT2D eigenvalue weighted by Gasteiger charge is -2.32. The van der Waals surface area contributed by atoms with Crippen LogP contribution in [0.25, 0.3) is 0 Å². The van der Waals surface area contributed by atoms with Crippen molar-refractivity contribution in [2.75, 3.05) is 26.7 Å². The van der Waals surface area contributed by atoms with Crippen LogP contribution in [0.4, 0.5) is 0 Å². The lowest BCUT2D eigenvalue weighted by atomic mass is 9.98. The first kappa shape index (κ1) is 13.5. The Bertz CT molecular complexity index is 405. The Balaban J connectivity index is 2.02. The Morgan fingerprint density at radius 2 is 2.44 bits per heavy atom. The van der Waals surface area contributed by atoms with Gasteiger partial charge in [-0.3, -0.25) is 4.79 Å². The highest BCUT2D eigenvalue weighted by atomic mass is 79.9. The van der Waals surface area contributed by atoms with Gasteiger partial charge in [0.05, 0.1) is 0 Å². The zero-order chi connectivity index (χ0) is 13.0. The normalized spacial score (nSPS) is 19.9. The molecule has 0 radical (unpaired) electrons. The van der Waals surface area contributed by atoms with E-state index in [-0.39, 0.29) is 5.91 Å². The van der Waals surface area contributed by atoms with Crippen molar-refractivity contribution < 1.29 is 4.79 Å². The summed E-state index contributed by atoms with van der Waals surface area (Å²) in [6, 6.07) is 3.63. The fourth-order valence-corrected chi connectivity index (χ4v) is 2.60. The van der Waals surface area contributed by atoms with Gasteiger partial charge in [0.15, 0.2) is 0 Å². The number of carbonyl (C=O) groups is 1. The molecule has 1 aromatic rings. The van der Waals surface area contributed by atoms with Crippen LogP contribution in [-0.2, 0) is 0 Å². The number of piperidine rings is 1. The maximum atomic E-state index is 12.3. The van der Waals surface area contributed by atoms with Gasteiger partial charge in [-0.2, -0.15) is 0 Å². The second-order valence-corrected chi connectivity index (χ2v) is 5.59. The number of pyridine rings is 1. The maximum Gasteiger partial charge on any atom is 0.272 e. The minimum atomic E-state index is 0.0447. The summed E-state index contributed by atoms with van der Waals surface area (Å²) >= 11 is 3.33. The molecule has 0 aromatic carbocycles. The number of rotatable bonds is 3. The Kier molecular flexibility index (Phi) is 4.72. The first-order chi connectivity index (χ1) is 8.70. The summed E-state index contributed by atoms with van der Waals surface area (Å²) in [6.07, 6.45) is 3.94. The number of amides is 1. The molecule has 98 valence electrons. The standard InChI is InChI=1S/C13H18BrN3O/c1-15-7-10-3-2-6-17(9-10)13(18)12-5-4-11(14)8-16-12/h4-5,8,10,15H,2-3,6-7,9H2,1H3/t10-/m0/s1. The summed E-state index contributed by atoms with van der Waals surface area (Å²) in [6.45, 7) is 2.64. The van der Waals surface area contributed by atoms with Gasteiger partial charge in [0.1, 0.15) is 5.69 Å². The topological polar surface area (TPSA) is 45.2 Å². The van der Waals surface area contributed by atoms with Crippen LogP contribution in [0.1, 0.15) is 23.3 Å². The molecule has 1 aromatic heterocycles. The average molecular weight is 312 g/mol. The number of carbonyl (C=O) groups excluding carboxylic acids is 1. The third-order valence-corrected chi connectivity index (χ3v) is 3.71. The van der Waals surface area contributed by atoms with Gasteiger partial charge in [-0.1, -0.05) is 0 Å². The van der Waals surface area contributed by atoms with E-state index in [1.54, 1.807) is 12.3 Å². The number of nitrogens with one attached hydrogen (secondary N) is 1. The van der Waals surface area contributed by atoms with Gasteiger partial charge < -0.3 is 10.2 Å². The molecule has 0 saturated carbocycles. The number of hydrogen-bond acceptors (Lipinski definition) is 3. The molecule has 1 N–H and O–H groups in total. The minimum Gasteiger partial charge on any atom is -0.337 e. The SMILES string of the molecule is CNC[C@@H]1CCCN(C(=O)c2ccc(Br)cn2)C1. The largest absolute Gasteiger partial charge is 0.337 e. The van der Waals surface area contributed by atoms with Crippen LogP contribution in [-0.4, -0.2) is 42.5 Å². The van der Waals surface area contributed by atoms with Crippen molar-refractivity contribution in [2.45, 2.75) is 12.8 Å². The third-order valence-electron chi connectivity index (χ3n) is 3.25. The van der Waals surface area contributed by atoms with E-state index >= 15 is 0 Å². The summed E-state index contributed by atoms with van der Waals surface area (Å²) in [5.41, 5.74) is 0.531. The Morgan fingerprint density at radius 3 is 3.11 bits per heavy atom. The van der Waals surface area contributed by atoms with Gasteiger partial charge in [0.2, 0.25) is 0 Å². The molecule has 0 spiro atoms. The predicted octanol–water partition coefficient (Wildman–Crippen LogP) is 1.92. The molecule has 1 amide bonds. The number of nitrogens with zero attached hydrogens (tertiary/aromatic N) is 2. The molecular weight excluding hydrogens is 294 g/mol. The van der Waals surface area contributed by atoms with Gasteiger partial charge in [0, 0.05) is 23.8 Å². The zero-order valence-corrected chi connectivity index (χ0v) is 12.1. The van der Waals surface area contributed by atoms with E-state index in [0.717, 1.165) is 30.5 Å². The molecule has 1 saturated heterocycles. The fourth-order valence-electron chi connectivity index (χ4n) is 2.37. The summed E-state index contributed by atoms with van der Waals surface area (Å²) in [7, 11) is 1.96. The average Bonchev–Trinajstić information content (AvgIpc) is 2.39. The van der Waals surface area contributed by atoms with E-state index in [1.165, 1.54) is 6.42 Å². The monoisotopic (exact) mass is 311 g/mol. The molecular formula is C13H18BrN3O. The highest BCUT2D eigenvalue weighted by Gasteiger charge is 2.24. The van der Waals surface area contributed by atoms with E-state index in [4.69, 9.17) is 0 Å². The number of hydrogen-bond donors (Lipinski definition) is 1. The highest BCUT2D eigenvalue weighted by molar-refractivity contribution is 9.10. The second kappa shape index (κ2) is 6.29. The summed E-state index contributed by atoms with van der Waals surface area (Å²) in [4.78, 5) is 18.4. The molecule has 4 nitrogen and oxygen atoms in total. The van der Waals surface area contributed by atoms with Gasteiger partial charge in [-0.25, -0.2) is 4.98 Å². The predicted molar refractivity (Wildman–Crippen MR) is 74.5 cm³/mol. The molecule has 18 heavy (non-hydrogen) atoms. The van der Waals surface area contributed by atoms with Crippen molar-refractivity contribution in [3.8, 4) is 0 Å². The molecule has 1 aliphatic heterocycles. The second-order valence-electron chi connectivity index (χ2n) is 4.68. The van der Waals surface area contributed by atoms with Gasteiger partial charge in [-0.15, -0.1) is 0 Å². The number of halogens is 1. The Hall–Kier alpha value is -0.940. The van der Waals surface area contributed by atoms with Gasteiger partial charge >= 0.3 is 0 Å². The van der Waals surface area contributed by atoms with Crippen LogP contribution >= 0.6 is 15.9 Å². The van der Waals surface area contributed by atoms with Crippen LogP contribution < -0.4 is 5.32 Å². The van der Waals surface area contributed by atoms with E-state index in [9.17, 15) is 4.79 Å². The van der Waals surface area contributed by atoms with Crippen LogP contribution in [0.15, 0.2) is 22.8 Å². The molecule has 1 fully saturated rings. The van der Waals surface area contributed by atoms with Crippen LogP contribution in [0.3, 0.4) is 0 Å². The first-order valence-corrected chi connectivity index (χ1v) is 7.05. The lowest BCUT2D eigenvalue weighted by Crippen LogP contribution is -2.42. The Labute approximate surface area is 116 Å². The maximum absolute atomic E-state index is 12.3. The van der Waals surface area contributed by atoms with Gasteiger partial charge in [-0.05, 0) is 60.4 Å². The molecule has 1 aliphatic rings. The summed E-state index contributed by atoms with van der Waals surface area (Å²) in [5, 5.41) is 3.18. The molecule has 0 aliphatic carbocycles. The fraction of sp³-hybridized carbons (Fsp3) is 0.538. The van der Waals surface area contributed by atoms with E-state index < -0.39 is 0 Å². The quantitative estimate of drug-likeness (QED) is 0.927.